The number of phenols is 1. The third-order valence-electron chi connectivity index (χ3n) is 3.25. The lowest BCUT2D eigenvalue weighted by Crippen LogP contribution is -2.18. The molecule has 0 aromatic heterocycles. The molecule has 0 aliphatic carbocycles. The first-order valence-corrected chi connectivity index (χ1v) is 6.83. The lowest BCUT2D eigenvalue weighted by Gasteiger charge is -2.17. The predicted octanol–water partition coefficient (Wildman–Crippen LogP) is 3.91. The van der Waals surface area contributed by atoms with Crippen LogP contribution >= 0.6 is 11.6 Å². The van der Waals surface area contributed by atoms with Gasteiger partial charge in [0.05, 0.1) is 7.11 Å². The Morgan fingerprint density at radius 2 is 2.00 bits per heavy atom. The number of phenolic OH excluding ortho intramolecular Hbond substituents is 1. The molecule has 2 aromatic carbocycles. The first kappa shape index (κ1) is 14.7. The third kappa shape index (κ3) is 3.44. The number of hydrogen-bond donors (Lipinski definition) is 2. The second-order valence-corrected chi connectivity index (χ2v) is 5.05. The fraction of sp³-hybridized carbons (Fsp3) is 0.250. The molecular weight excluding hydrogens is 274 g/mol. The lowest BCUT2D eigenvalue weighted by atomic mass is 10.1. The molecule has 0 saturated carbocycles. The van der Waals surface area contributed by atoms with Crippen LogP contribution in [0.25, 0.3) is 0 Å². The van der Waals surface area contributed by atoms with E-state index in [0.717, 1.165) is 16.9 Å². The van der Waals surface area contributed by atoms with Crippen LogP contribution in [0.4, 0.5) is 0 Å². The molecule has 0 bridgehead atoms. The zero-order valence-electron chi connectivity index (χ0n) is 11.6. The standard InChI is InChI=1S/C16H18ClNO2/c1-11(14-5-3-4-6-16(14)20-2)18-10-12-9-13(17)7-8-15(12)19/h3-9,11,18-19H,10H2,1-2H3/t11-/m1/s1. The van der Waals surface area contributed by atoms with E-state index in [9.17, 15) is 5.11 Å². The van der Waals surface area contributed by atoms with E-state index in [-0.39, 0.29) is 11.8 Å². The lowest BCUT2D eigenvalue weighted by molar-refractivity contribution is 0.401. The maximum Gasteiger partial charge on any atom is 0.123 e. The number of benzene rings is 2. The van der Waals surface area contributed by atoms with Crippen molar-refractivity contribution in [2.75, 3.05) is 7.11 Å². The summed E-state index contributed by atoms with van der Waals surface area (Å²) in [5.74, 6) is 1.09. The van der Waals surface area contributed by atoms with Crippen molar-refractivity contribution >= 4 is 11.6 Å². The maximum absolute atomic E-state index is 9.80. The van der Waals surface area contributed by atoms with E-state index in [1.807, 2.05) is 24.3 Å². The maximum atomic E-state index is 9.80. The third-order valence-corrected chi connectivity index (χ3v) is 3.48. The molecule has 106 valence electrons. The van der Waals surface area contributed by atoms with Crippen molar-refractivity contribution in [1.82, 2.24) is 5.32 Å². The van der Waals surface area contributed by atoms with E-state index in [1.54, 1.807) is 25.3 Å². The van der Waals surface area contributed by atoms with E-state index in [2.05, 4.69) is 12.2 Å². The zero-order chi connectivity index (χ0) is 14.5. The van der Waals surface area contributed by atoms with Gasteiger partial charge in [-0.2, -0.15) is 0 Å². The Kier molecular flexibility index (Phi) is 4.88. The Labute approximate surface area is 124 Å². The van der Waals surface area contributed by atoms with Crippen molar-refractivity contribution < 1.29 is 9.84 Å². The average Bonchev–Trinajstić information content (AvgIpc) is 2.47. The van der Waals surface area contributed by atoms with Gasteiger partial charge < -0.3 is 15.2 Å². The molecular formula is C16H18ClNO2. The summed E-state index contributed by atoms with van der Waals surface area (Å²) in [5.41, 5.74) is 1.86. The Bertz CT molecular complexity index is 586. The highest BCUT2D eigenvalue weighted by Crippen LogP contribution is 2.26. The van der Waals surface area contributed by atoms with Gasteiger partial charge in [0.15, 0.2) is 0 Å². The number of methoxy groups -OCH3 is 1. The van der Waals surface area contributed by atoms with Gasteiger partial charge in [-0.25, -0.2) is 0 Å². The van der Waals surface area contributed by atoms with Crippen molar-refractivity contribution in [3.63, 3.8) is 0 Å². The highest BCUT2D eigenvalue weighted by Gasteiger charge is 2.11. The first-order valence-electron chi connectivity index (χ1n) is 6.45. The summed E-state index contributed by atoms with van der Waals surface area (Å²) < 4.78 is 5.35. The number of halogens is 1. The molecule has 4 heteroatoms. The second-order valence-electron chi connectivity index (χ2n) is 4.62. The van der Waals surface area contributed by atoms with Crippen molar-refractivity contribution in [2.24, 2.45) is 0 Å². The van der Waals surface area contributed by atoms with Gasteiger partial charge in [0.2, 0.25) is 0 Å². The summed E-state index contributed by atoms with van der Waals surface area (Å²) in [5, 5.41) is 13.8. The molecule has 3 nitrogen and oxygen atoms in total. The highest BCUT2D eigenvalue weighted by molar-refractivity contribution is 6.30. The van der Waals surface area contributed by atoms with Crippen molar-refractivity contribution in [2.45, 2.75) is 19.5 Å². The molecule has 0 saturated heterocycles. The minimum Gasteiger partial charge on any atom is -0.508 e. The quantitative estimate of drug-likeness (QED) is 0.878. The highest BCUT2D eigenvalue weighted by atomic mass is 35.5. The van der Waals surface area contributed by atoms with Gasteiger partial charge in [-0.3, -0.25) is 0 Å². The molecule has 0 aliphatic rings. The van der Waals surface area contributed by atoms with Crippen LogP contribution in [0.5, 0.6) is 11.5 Å². The van der Waals surface area contributed by atoms with Crippen LogP contribution in [0.15, 0.2) is 42.5 Å². The topological polar surface area (TPSA) is 41.5 Å². The fourth-order valence-corrected chi connectivity index (χ4v) is 2.29. The average molecular weight is 292 g/mol. The molecule has 1 atom stereocenters. The molecule has 20 heavy (non-hydrogen) atoms. The predicted molar refractivity (Wildman–Crippen MR) is 81.4 cm³/mol. The van der Waals surface area contributed by atoms with Gasteiger partial charge in [-0.1, -0.05) is 29.8 Å². The van der Waals surface area contributed by atoms with Crippen LogP contribution in [-0.2, 0) is 6.54 Å². The minimum atomic E-state index is 0.101. The van der Waals surface area contributed by atoms with Crippen LogP contribution in [0, 0.1) is 0 Å². The van der Waals surface area contributed by atoms with E-state index >= 15 is 0 Å². The molecule has 0 radical (unpaired) electrons. The number of ether oxygens (including phenoxy) is 1. The van der Waals surface area contributed by atoms with Gasteiger partial charge in [-0.05, 0) is 31.2 Å². The Morgan fingerprint density at radius 3 is 2.75 bits per heavy atom. The van der Waals surface area contributed by atoms with Crippen LogP contribution in [0.1, 0.15) is 24.1 Å². The molecule has 0 unspecified atom stereocenters. The van der Waals surface area contributed by atoms with Crippen LogP contribution in [0.3, 0.4) is 0 Å². The molecule has 0 heterocycles. The number of aromatic hydroxyl groups is 1. The second kappa shape index (κ2) is 6.64. The Morgan fingerprint density at radius 1 is 1.25 bits per heavy atom. The summed E-state index contributed by atoms with van der Waals surface area (Å²) >= 11 is 5.94. The number of hydrogen-bond acceptors (Lipinski definition) is 3. The van der Waals surface area contributed by atoms with Crippen LogP contribution in [-0.4, -0.2) is 12.2 Å². The van der Waals surface area contributed by atoms with E-state index in [4.69, 9.17) is 16.3 Å². The smallest absolute Gasteiger partial charge is 0.123 e. The number of rotatable bonds is 5. The molecule has 0 fully saturated rings. The molecule has 2 rings (SSSR count). The zero-order valence-corrected chi connectivity index (χ0v) is 12.3. The van der Waals surface area contributed by atoms with Crippen molar-refractivity contribution in [3.8, 4) is 11.5 Å². The van der Waals surface area contributed by atoms with Gasteiger partial charge in [0, 0.05) is 28.7 Å². The normalized spacial score (nSPS) is 12.2. The largest absolute Gasteiger partial charge is 0.508 e. The minimum absolute atomic E-state index is 0.101. The molecule has 0 spiro atoms. The Hall–Kier alpha value is -1.71. The summed E-state index contributed by atoms with van der Waals surface area (Å²) in [4.78, 5) is 0. The number of para-hydroxylation sites is 1. The van der Waals surface area contributed by atoms with Gasteiger partial charge in [0.1, 0.15) is 11.5 Å². The van der Waals surface area contributed by atoms with Crippen molar-refractivity contribution in [3.05, 3.63) is 58.6 Å². The summed E-state index contributed by atoms with van der Waals surface area (Å²) in [6.07, 6.45) is 0. The summed E-state index contributed by atoms with van der Waals surface area (Å²) in [6.45, 7) is 2.59. The van der Waals surface area contributed by atoms with Gasteiger partial charge in [-0.15, -0.1) is 0 Å². The summed E-state index contributed by atoms with van der Waals surface area (Å²) in [6, 6.07) is 13.0. The van der Waals surface area contributed by atoms with E-state index in [1.165, 1.54) is 0 Å². The monoisotopic (exact) mass is 291 g/mol. The summed E-state index contributed by atoms with van der Waals surface area (Å²) in [7, 11) is 1.66. The molecule has 0 aliphatic heterocycles. The van der Waals surface area contributed by atoms with E-state index < -0.39 is 0 Å². The molecule has 0 amide bonds. The SMILES string of the molecule is COc1ccccc1[C@@H](C)NCc1cc(Cl)ccc1O. The van der Waals surface area contributed by atoms with Crippen molar-refractivity contribution in [1.29, 1.82) is 0 Å². The molecule has 2 aromatic rings. The van der Waals surface area contributed by atoms with Crippen LogP contribution < -0.4 is 10.1 Å². The van der Waals surface area contributed by atoms with Gasteiger partial charge in [0.25, 0.3) is 0 Å². The number of nitrogens with one attached hydrogen (secondary N) is 1. The van der Waals surface area contributed by atoms with Gasteiger partial charge >= 0.3 is 0 Å². The van der Waals surface area contributed by atoms with Crippen LogP contribution in [0.2, 0.25) is 5.02 Å². The fourth-order valence-electron chi connectivity index (χ4n) is 2.09. The molecule has 2 N–H and O–H groups in total. The Balaban J connectivity index is 2.08. The first-order chi connectivity index (χ1) is 9.61. The van der Waals surface area contributed by atoms with E-state index in [0.29, 0.717) is 11.6 Å².